The highest BCUT2D eigenvalue weighted by atomic mass is 32.2. The molecule has 4 aromatic rings. The summed E-state index contributed by atoms with van der Waals surface area (Å²) in [5.41, 5.74) is 2.80. The van der Waals surface area contributed by atoms with Crippen LogP contribution in [0.3, 0.4) is 0 Å². The van der Waals surface area contributed by atoms with Gasteiger partial charge in [0.25, 0.3) is 10.0 Å². The van der Waals surface area contributed by atoms with Gasteiger partial charge in [-0.05, 0) is 48.5 Å². The minimum atomic E-state index is -3.90. The lowest BCUT2D eigenvalue weighted by atomic mass is 10.1. The van der Waals surface area contributed by atoms with E-state index in [1.54, 1.807) is 36.4 Å². The molecule has 0 fully saturated rings. The second kappa shape index (κ2) is 6.53. The third-order valence-electron chi connectivity index (χ3n) is 4.97. The molecule has 0 saturated heterocycles. The van der Waals surface area contributed by atoms with E-state index in [0.29, 0.717) is 33.9 Å². The van der Waals surface area contributed by atoms with Gasteiger partial charge in [0, 0.05) is 11.3 Å². The lowest BCUT2D eigenvalue weighted by Crippen LogP contribution is -2.37. The first-order chi connectivity index (χ1) is 14.5. The van der Waals surface area contributed by atoms with Gasteiger partial charge in [-0.25, -0.2) is 13.2 Å². The quantitative estimate of drug-likeness (QED) is 0.467. The Hall–Kier alpha value is -3.97. The summed E-state index contributed by atoms with van der Waals surface area (Å²) in [6.45, 7) is 0.366. The van der Waals surface area contributed by atoms with Crippen LogP contribution in [0.5, 0.6) is 5.75 Å². The van der Waals surface area contributed by atoms with Crippen molar-refractivity contribution in [2.75, 3.05) is 17.5 Å². The van der Waals surface area contributed by atoms with Gasteiger partial charge in [0.15, 0.2) is 0 Å². The van der Waals surface area contributed by atoms with E-state index in [0.717, 1.165) is 5.56 Å². The molecule has 3 heterocycles. The van der Waals surface area contributed by atoms with Crippen molar-refractivity contribution in [1.82, 2.24) is 15.0 Å². The van der Waals surface area contributed by atoms with Gasteiger partial charge in [-0.3, -0.25) is 4.31 Å². The molecule has 0 amide bonds. The van der Waals surface area contributed by atoms with Crippen LogP contribution in [0, 0.1) is 11.3 Å². The average molecular weight is 421 g/mol. The van der Waals surface area contributed by atoms with Crippen LogP contribution in [0.4, 0.5) is 5.69 Å². The highest BCUT2D eigenvalue weighted by Gasteiger charge is 2.31. The number of H-pyrrole nitrogens is 3. The Morgan fingerprint density at radius 3 is 2.63 bits per heavy atom. The highest BCUT2D eigenvalue weighted by Crippen LogP contribution is 2.38. The lowest BCUT2D eigenvalue weighted by Gasteiger charge is -2.30. The summed E-state index contributed by atoms with van der Waals surface area (Å²) in [5, 5.41) is 9.03. The zero-order valence-electron chi connectivity index (χ0n) is 15.5. The van der Waals surface area contributed by atoms with Gasteiger partial charge < -0.3 is 19.7 Å². The number of nitrogens with one attached hydrogen (secondary N) is 3. The summed E-state index contributed by atoms with van der Waals surface area (Å²) >= 11 is 0. The van der Waals surface area contributed by atoms with E-state index >= 15 is 0 Å². The molecule has 2 aromatic carbocycles. The van der Waals surface area contributed by atoms with Crippen molar-refractivity contribution in [1.29, 1.82) is 5.26 Å². The standard InChI is InChI=1S/C20H15N5O4S/c21-11-13-2-4-15(22-13)12-1-6-19-18(9-12)25(7-8-29-19)30(27,28)14-3-5-16-17(10-14)24-20(26)23-16/h1-6,9-10,22H,7-8H2,(H2,23,24,26). The molecule has 1 aliphatic heterocycles. The first kappa shape index (κ1) is 18.1. The van der Waals surface area contributed by atoms with Crippen molar-refractivity contribution in [2.24, 2.45) is 0 Å². The van der Waals surface area contributed by atoms with E-state index in [-0.39, 0.29) is 18.0 Å². The van der Waals surface area contributed by atoms with Gasteiger partial charge in [-0.1, -0.05) is 0 Å². The van der Waals surface area contributed by atoms with Crippen LogP contribution >= 0.6 is 0 Å². The number of ether oxygens (including phenoxy) is 1. The fraction of sp³-hybridized carbons (Fsp3) is 0.100. The van der Waals surface area contributed by atoms with E-state index in [1.165, 1.54) is 16.4 Å². The van der Waals surface area contributed by atoms with Crippen LogP contribution in [0.2, 0.25) is 0 Å². The second-order valence-electron chi connectivity index (χ2n) is 6.79. The zero-order chi connectivity index (χ0) is 20.9. The lowest BCUT2D eigenvalue weighted by molar-refractivity contribution is 0.316. The third kappa shape index (κ3) is 2.84. The summed E-state index contributed by atoms with van der Waals surface area (Å²) in [4.78, 5) is 19.7. The predicted molar refractivity (Wildman–Crippen MR) is 110 cm³/mol. The number of fused-ring (bicyclic) bond motifs is 2. The molecule has 0 spiro atoms. The average Bonchev–Trinajstić information content (AvgIpc) is 3.37. The molecular weight excluding hydrogens is 406 g/mol. The maximum absolute atomic E-state index is 13.4. The van der Waals surface area contributed by atoms with Gasteiger partial charge in [-0.15, -0.1) is 0 Å². The first-order valence-corrected chi connectivity index (χ1v) is 10.5. The Kier molecular flexibility index (Phi) is 3.94. The molecule has 0 unspecified atom stereocenters. The fourth-order valence-corrected chi connectivity index (χ4v) is 5.02. The summed E-state index contributed by atoms with van der Waals surface area (Å²) in [6.07, 6.45) is 0. The minimum Gasteiger partial charge on any atom is -0.489 e. The maximum Gasteiger partial charge on any atom is 0.323 e. The maximum atomic E-state index is 13.4. The Bertz CT molecular complexity index is 1490. The minimum absolute atomic E-state index is 0.0649. The number of hydrogen-bond acceptors (Lipinski definition) is 5. The number of benzene rings is 2. The number of hydrogen-bond donors (Lipinski definition) is 3. The number of nitriles is 1. The molecule has 0 radical (unpaired) electrons. The SMILES string of the molecule is N#Cc1ccc(-c2ccc3c(c2)N(S(=O)(=O)c2ccc4[nH]c(=O)[nH]c4c2)CCO3)[nH]1. The van der Waals surface area contributed by atoms with Crippen molar-refractivity contribution in [2.45, 2.75) is 4.90 Å². The molecule has 0 bridgehead atoms. The summed E-state index contributed by atoms with van der Waals surface area (Å²) < 4.78 is 33.8. The molecule has 0 aliphatic carbocycles. The van der Waals surface area contributed by atoms with Gasteiger partial charge in [-0.2, -0.15) is 5.26 Å². The molecule has 5 rings (SSSR count). The normalized spacial score (nSPS) is 13.6. The van der Waals surface area contributed by atoms with Crippen molar-refractivity contribution >= 4 is 26.7 Å². The van der Waals surface area contributed by atoms with Crippen molar-refractivity contribution < 1.29 is 13.2 Å². The largest absolute Gasteiger partial charge is 0.489 e. The van der Waals surface area contributed by atoms with Crippen LogP contribution in [-0.2, 0) is 10.0 Å². The Morgan fingerprint density at radius 1 is 1.00 bits per heavy atom. The monoisotopic (exact) mass is 421 g/mol. The van der Waals surface area contributed by atoms with Crippen molar-refractivity contribution in [3.05, 3.63) is 64.7 Å². The number of imidazole rings is 1. The molecule has 10 heteroatoms. The van der Waals surface area contributed by atoms with Crippen LogP contribution in [-0.4, -0.2) is 36.5 Å². The molecule has 1 aliphatic rings. The summed E-state index contributed by atoms with van der Waals surface area (Å²) in [5.74, 6) is 0.455. The van der Waals surface area contributed by atoms with Crippen molar-refractivity contribution in [3.63, 3.8) is 0 Å². The van der Waals surface area contributed by atoms with E-state index in [1.807, 2.05) is 6.07 Å². The molecule has 3 N–H and O–H groups in total. The number of anilines is 1. The van der Waals surface area contributed by atoms with Crippen LogP contribution < -0.4 is 14.7 Å². The third-order valence-corrected chi connectivity index (χ3v) is 6.78. The Labute approximate surface area is 170 Å². The Balaban J connectivity index is 1.60. The van der Waals surface area contributed by atoms with Gasteiger partial charge in [0.1, 0.15) is 24.1 Å². The van der Waals surface area contributed by atoms with Gasteiger partial charge >= 0.3 is 5.69 Å². The number of aromatic nitrogens is 3. The first-order valence-electron chi connectivity index (χ1n) is 9.07. The zero-order valence-corrected chi connectivity index (χ0v) is 16.3. The van der Waals surface area contributed by atoms with Crippen LogP contribution in [0.25, 0.3) is 22.3 Å². The predicted octanol–water partition coefficient (Wildman–Crippen LogP) is 2.31. The number of sulfonamides is 1. The smallest absolute Gasteiger partial charge is 0.323 e. The molecule has 0 atom stereocenters. The fourth-order valence-electron chi connectivity index (χ4n) is 3.54. The molecule has 9 nitrogen and oxygen atoms in total. The number of aromatic amines is 3. The molecule has 0 saturated carbocycles. The summed E-state index contributed by atoms with van der Waals surface area (Å²) in [6, 6.07) is 15.1. The van der Waals surface area contributed by atoms with Gasteiger partial charge in [0.2, 0.25) is 0 Å². The summed E-state index contributed by atoms with van der Waals surface area (Å²) in [7, 11) is -3.90. The van der Waals surface area contributed by atoms with E-state index in [4.69, 9.17) is 10.00 Å². The topological polar surface area (TPSA) is 135 Å². The van der Waals surface area contributed by atoms with Crippen LogP contribution in [0.15, 0.2) is 58.2 Å². The van der Waals surface area contributed by atoms with Crippen LogP contribution in [0.1, 0.15) is 5.69 Å². The molecule has 30 heavy (non-hydrogen) atoms. The van der Waals surface area contributed by atoms with E-state index in [9.17, 15) is 13.2 Å². The number of rotatable bonds is 3. The molecule has 150 valence electrons. The number of nitrogens with zero attached hydrogens (tertiary/aromatic N) is 2. The van der Waals surface area contributed by atoms with E-state index < -0.39 is 15.7 Å². The van der Waals surface area contributed by atoms with E-state index in [2.05, 4.69) is 15.0 Å². The second-order valence-corrected chi connectivity index (χ2v) is 8.65. The van der Waals surface area contributed by atoms with Gasteiger partial charge in [0.05, 0.1) is 28.2 Å². The highest BCUT2D eigenvalue weighted by molar-refractivity contribution is 7.92. The molecule has 2 aromatic heterocycles. The Morgan fingerprint density at radius 2 is 1.83 bits per heavy atom. The molecular formula is C20H15N5O4S. The van der Waals surface area contributed by atoms with Crippen molar-refractivity contribution in [3.8, 4) is 23.1 Å².